The molecule has 2 aromatic heterocycles. The summed E-state index contributed by atoms with van der Waals surface area (Å²) in [5.41, 5.74) is 17.6. The number of oxime groups is 1. The molecule has 0 spiro atoms. The van der Waals surface area contributed by atoms with Crippen LogP contribution in [0.5, 0.6) is 0 Å². The lowest BCUT2D eigenvalue weighted by molar-refractivity contribution is -0.667. The smallest absolute Gasteiger partial charge is 0.346 e. The topological polar surface area (TPSA) is 256 Å². The molecule has 0 aliphatic carbocycles. The van der Waals surface area contributed by atoms with E-state index in [1.54, 1.807) is 10.6 Å². The molecule has 4 rings (SSSR count). The highest BCUT2D eigenvalue weighted by Crippen LogP contribution is 2.41. The lowest BCUT2D eigenvalue weighted by Gasteiger charge is -2.50. The molecule has 8 N–H and O–H groups in total. The van der Waals surface area contributed by atoms with Gasteiger partial charge in [-0.15, -0.1) is 28.1 Å². The lowest BCUT2D eigenvalue weighted by Crippen LogP contribution is -2.71. The maximum atomic E-state index is 13.2. The van der Waals surface area contributed by atoms with Crippen LogP contribution in [0.25, 0.3) is 0 Å². The molecule has 1 fully saturated rings. The number of anilines is 3. The van der Waals surface area contributed by atoms with Crippen LogP contribution in [-0.2, 0) is 30.6 Å². The van der Waals surface area contributed by atoms with Gasteiger partial charge in [0, 0.05) is 23.0 Å². The van der Waals surface area contributed by atoms with Crippen LogP contribution in [0, 0.1) is 0 Å². The number of nitrogens with zero attached hydrogens (tertiary/aromatic N) is 5. The molecule has 0 saturated carbocycles. The van der Waals surface area contributed by atoms with E-state index in [1.807, 2.05) is 6.92 Å². The number of thioether (sulfide) groups is 2. The number of aromatic nitrogens is 3. The average molecular weight is 638 g/mol. The molecule has 4 heterocycles. The second kappa shape index (κ2) is 12.8. The minimum Gasteiger partial charge on any atom is -0.543 e. The monoisotopic (exact) mass is 637 g/mol. The first-order valence-corrected chi connectivity index (χ1v) is 15.3. The van der Waals surface area contributed by atoms with Crippen molar-refractivity contribution in [3.63, 3.8) is 0 Å². The van der Waals surface area contributed by atoms with Gasteiger partial charge in [-0.05, 0) is 19.4 Å². The number of rotatable bonds is 12. The Morgan fingerprint density at radius 1 is 1.36 bits per heavy atom. The molecule has 224 valence electrons. The van der Waals surface area contributed by atoms with Crippen molar-refractivity contribution in [1.29, 1.82) is 0 Å². The number of hydrogen-bond acceptors (Lipinski definition) is 15. The third-order valence-corrected chi connectivity index (χ3v) is 9.10. The number of carboxylic acids is 2. The van der Waals surface area contributed by atoms with Gasteiger partial charge in [0.25, 0.3) is 11.8 Å². The number of nitrogens with one attached hydrogen (secondary N) is 1. The summed E-state index contributed by atoms with van der Waals surface area (Å²) in [4.78, 5) is 63.9. The fraction of sp³-hybridized carbons (Fsp3) is 0.391. The minimum atomic E-state index is -1.53. The van der Waals surface area contributed by atoms with Crippen LogP contribution in [-0.4, -0.2) is 78.5 Å². The molecule has 42 heavy (non-hydrogen) atoms. The van der Waals surface area contributed by atoms with Gasteiger partial charge in [-0.25, -0.2) is 9.55 Å². The summed E-state index contributed by atoms with van der Waals surface area (Å²) in [5, 5.41) is 28.8. The van der Waals surface area contributed by atoms with Crippen LogP contribution in [0.15, 0.2) is 32.9 Å². The molecule has 0 radical (unpaired) electrons. The Hall–Kier alpha value is -4.10. The van der Waals surface area contributed by atoms with E-state index in [0.717, 1.165) is 16.2 Å². The molecule has 0 aromatic carbocycles. The zero-order valence-corrected chi connectivity index (χ0v) is 24.8. The van der Waals surface area contributed by atoms with Crippen LogP contribution in [0.4, 0.5) is 16.9 Å². The van der Waals surface area contributed by atoms with Crippen molar-refractivity contribution < 1.29 is 38.8 Å². The third kappa shape index (κ3) is 6.52. The first-order valence-electron chi connectivity index (χ1n) is 12.4. The number of carbonyl (C=O) groups is 4. The van der Waals surface area contributed by atoms with Crippen molar-refractivity contribution in [3.05, 3.63) is 28.4 Å². The van der Waals surface area contributed by atoms with Gasteiger partial charge < -0.3 is 42.4 Å². The molecule has 2 aliphatic heterocycles. The van der Waals surface area contributed by atoms with Crippen molar-refractivity contribution >= 4 is 81.2 Å². The first kappa shape index (κ1) is 30.8. The number of aliphatic carboxylic acids is 2. The fourth-order valence-corrected chi connectivity index (χ4v) is 7.09. The Bertz CT molecular complexity index is 1470. The first-order chi connectivity index (χ1) is 19.9. The zero-order chi connectivity index (χ0) is 30.7. The molecule has 2 aromatic rings. The number of nitrogens with two attached hydrogens (primary N) is 3. The van der Waals surface area contributed by atoms with Gasteiger partial charge in [-0.2, -0.15) is 0 Å². The number of nitrogen functional groups attached to an aromatic ring is 3. The van der Waals surface area contributed by atoms with Crippen molar-refractivity contribution in [1.82, 2.24) is 20.2 Å². The Morgan fingerprint density at radius 3 is 2.69 bits per heavy atom. The summed E-state index contributed by atoms with van der Waals surface area (Å²) in [6.07, 6.45) is -1.24. The highest BCUT2D eigenvalue weighted by atomic mass is 32.2. The fourth-order valence-electron chi connectivity index (χ4n) is 4.14. The van der Waals surface area contributed by atoms with Crippen molar-refractivity contribution in [3.8, 4) is 0 Å². The molecule has 2 amide bonds. The normalized spacial score (nSPS) is 19.1. The summed E-state index contributed by atoms with van der Waals surface area (Å²) in [7, 11) is 0. The number of β-lactam (4-membered cyclic amide) rings is 1. The van der Waals surface area contributed by atoms with Gasteiger partial charge in [0.1, 0.15) is 23.2 Å². The van der Waals surface area contributed by atoms with E-state index in [0.29, 0.717) is 23.0 Å². The van der Waals surface area contributed by atoms with E-state index >= 15 is 0 Å². The second-order valence-corrected chi connectivity index (χ2v) is 12.0. The molecule has 3 atom stereocenters. The van der Waals surface area contributed by atoms with Gasteiger partial charge in [0.15, 0.2) is 21.7 Å². The van der Waals surface area contributed by atoms with Crippen molar-refractivity contribution in [2.45, 2.75) is 49.4 Å². The molecular weight excluding hydrogens is 611 g/mol. The van der Waals surface area contributed by atoms with Crippen molar-refractivity contribution in [2.75, 3.05) is 28.7 Å². The predicted octanol–water partition coefficient (Wildman–Crippen LogP) is -1.63. The lowest BCUT2D eigenvalue weighted by atomic mass is 10.0. The highest BCUT2D eigenvalue weighted by molar-refractivity contribution is 8.01. The molecule has 0 unspecified atom stereocenters. The van der Waals surface area contributed by atoms with Crippen molar-refractivity contribution in [2.24, 2.45) is 5.16 Å². The van der Waals surface area contributed by atoms with E-state index < -0.39 is 41.3 Å². The maximum Gasteiger partial charge on any atom is 0.346 e. The van der Waals surface area contributed by atoms with Gasteiger partial charge in [-0.1, -0.05) is 16.9 Å². The summed E-state index contributed by atoms with van der Waals surface area (Å²) in [6.45, 7) is 3.86. The number of carbonyl (C=O) groups excluding carboxylic acids is 3. The number of thiazole rings is 1. The number of amides is 2. The summed E-state index contributed by atoms with van der Waals surface area (Å²) >= 11 is 3.52. The Kier molecular flexibility index (Phi) is 9.42. The number of carboxylic acid groups (broad SMARTS) is 2. The van der Waals surface area contributed by atoms with E-state index in [4.69, 9.17) is 27.1 Å². The maximum absolute atomic E-state index is 13.2. The SMILES string of the molecule is CC[n+]1c(N)cc(SCC2=C(C(=O)[O-])N3C(=O)[C@@H](NC(=O)/C(=N\O[C@H](C)CC(=O)O)c4csc(N)n4)[C@H]3SC2)nc1N. The van der Waals surface area contributed by atoms with Crippen LogP contribution in [0.2, 0.25) is 0 Å². The highest BCUT2D eigenvalue weighted by Gasteiger charge is 2.53. The molecule has 0 bridgehead atoms. The number of fused-ring (bicyclic) bond motifs is 1. The van der Waals surface area contributed by atoms with E-state index in [9.17, 15) is 24.3 Å². The van der Waals surface area contributed by atoms with E-state index in [-0.39, 0.29) is 46.1 Å². The standard InChI is InChI=1S/C23H27N9O7S3/c1-3-31-12(24)5-13(28-22(31)25)40-6-10-7-41-20-16(19(36)32(20)17(10)21(37)38)29-18(35)15(11-8-42-23(26)27-11)30-39-9(2)4-14(33)34/h5,8-9,16,20H,3-4,6-7H2,1-2H3,(H8,24,25,26,27,28,29,33,34,35,37,38)/b30-15-/t9-,16-,20-/m1/s1. The Morgan fingerprint density at radius 2 is 2.10 bits per heavy atom. The minimum absolute atomic E-state index is 0.0623. The Balaban J connectivity index is 1.49. The molecule has 2 aliphatic rings. The quantitative estimate of drug-likeness (QED) is 0.0437. The van der Waals surface area contributed by atoms with Gasteiger partial charge in [0.05, 0.1) is 24.6 Å². The largest absolute Gasteiger partial charge is 0.543 e. The molecule has 16 nitrogen and oxygen atoms in total. The molecule has 19 heteroatoms. The number of hydrogen-bond donors (Lipinski definition) is 5. The summed E-state index contributed by atoms with van der Waals surface area (Å²) in [6, 6.07) is 0.549. The summed E-state index contributed by atoms with van der Waals surface area (Å²) in [5.74, 6) is -3.10. The van der Waals surface area contributed by atoms with Gasteiger partial charge >= 0.3 is 11.9 Å². The molecular formula is C23H27N9O7S3. The van der Waals surface area contributed by atoms with Gasteiger partial charge in [-0.3, -0.25) is 19.3 Å². The van der Waals surface area contributed by atoms with Crippen LogP contribution < -0.4 is 32.2 Å². The molecule has 1 saturated heterocycles. The van der Waals surface area contributed by atoms with Crippen LogP contribution >= 0.6 is 34.9 Å². The van der Waals surface area contributed by atoms with E-state index in [1.165, 1.54) is 35.8 Å². The van der Waals surface area contributed by atoms with Crippen LogP contribution in [0.1, 0.15) is 26.0 Å². The Labute approximate surface area is 251 Å². The third-order valence-electron chi connectivity index (χ3n) is 6.09. The summed E-state index contributed by atoms with van der Waals surface area (Å²) < 4.78 is 1.62. The average Bonchev–Trinajstić information content (AvgIpc) is 3.35. The zero-order valence-electron chi connectivity index (χ0n) is 22.3. The second-order valence-electron chi connectivity index (χ2n) is 9.04. The van der Waals surface area contributed by atoms with Gasteiger partial charge in [0.2, 0.25) is 0 Å². The predicted molar refractivity (Wildman–Crippen MR) is 153 cm³/mol. The van der Waals surface area contributed by atoms with E-state index in [2.05, 4.69) is 20.4 Å². The van der Waals surface area contributed by atoms with Crippen LogP contribution in [0.3, 0.4) is 0 Å².